The van der Waals surface area contributed by atoms with Crippen LogP contribution in [0.4, 0.5) is 11.4 Å². The average Bonchev–Trinajstić information content (AvgIpc) is 3.49. The topological polar surface area (TPSA) is 88.6 Å². The Morgan fingerprint density at radius 2 is 1.94 bits per heavy atom. The van der Waals surface area contributed by atoms with E-state index < -0.39 is 0 Å². The summed E-state index contributed by atoms with van der Waals surface area (Å²) in [4.78, 5) is 24.1. The van der Waals surface area contributed by atoms with Gasteiger partial charge in [-0.25, -0.2) is 4.98 Å². The van der Waals surface area contributed by atoms with Gasteiger partial charge in [0.15, 0.2) is 0 Å². The maximum atomic E-state index is 13.0. The van der Waals surface area contributed by atoms with Gasteiger partial charge in [-0.05, 0) is 37.5 Å². The van der Waals surface area contributed by atoms with Crippen molar-refractivity contribution in [1.29, 1.82) is 0 Å². The normalized spacial score (nSPS) is 13.4. The Morgan fingerprint density at radius 1 is 1.13 bits per heavy atom. The third-order valence-electron chi connectivity index (χ3n) is 5.47. The van der Waals surface area contributed by atoms with Gasteiger partial charge in [-0.15, -0.1) is 0 Å². The van der Waals surface area contributed by atoms with Crippen LogP contribution in [0.2, 0.25) is 0 Å². The van der Waals surface area contributed by atoms with Crippen LogP contribution in [-0.2, 0) is 0 Å². The van der Waals surface area contributed by atoms with Gasteiger partial charge in [0.2, 0.25) is 11.7 Å². The van der Waals surface area contributed by atoms with Crippen LogP contribution in [0.1, 0.15) is 34.8 Å². The molecule has 8 nitrogen and oxygen atoms in total. The van der Waals surface area contributed by atoms with E-state index in [-0.39, 0.29) is 19.4 Å². The number of imidazole rings is 1. The highest BCUT2D eigenvalue weighted by Gasteiger charge is 2.17. The summed E-state index contributed by atoms with van der Waals surface area (Å²) in [5, 5.41) is 6.95. The molecule has 1 aliphatic heterocycles. The second-order valence-corrected chi connectivity index (χ2v) is 7.57. The Labute approximate surface area is 186 Å². The van der Waals surface area contributed by atoms with Gasteiger partial charge in [-0.1, -0.05) is 17.3 Å². The van der Waals surface area contributed by atoms with Crippen molar-refractivity contribution in [3.63, 3.8) is 0 Å². The van der Waals surface area contributed by atoms with Gasteiger partial charge in [-0.2, -0.15) is 18.5 Å². The number of hydrogen-bond donors (Lipinski definition) is 1. The molecule has 31 heavy (non-hydrogen) atoms. The maximum Gasteiger partial charge on any atom is 0.274 e. The molecule has 1 aliphatic rings. The molecule has 160 valence electrons. The first-order valence-electron chi connectivity index (χ1n) is 10.0. The van der Waals surface area contributed by atoms with Gasteiger partial charge in [0, 0.05) is 49.2 Å². The monoisotopic (exact) mass is 436 g/mol. The number of rotatable bonds is 4. The number of nitrogens with zero attached hydrogens (tertiary/aromatic N) is 5. The van der Waals surface area contributed by atoms with Gasteiger partial charge in [0.1, 0.15) is 11.3 Å². The van der Waals surface area contributed by atoms with E-state index >= 15 is 0 Å². The highest BCUT2D eigenvalue weighted by atomic mass is 32.1. The zero-order chi connectivity index (χ0) is 20.7. The summed E-state index contributed by atoms with van der Waals surface area (Å²) in [5.74, 6) is 0.767. The summed E-state index contributed by atoms with van der Waals surface area (Å²) in [6.07, 6.45) is 5.96. The number of aryl methyl sites for hydroxylation is 2. The van der Waals surface area contributed by atoms with Gasteiger partial charge in [0.25, 0.3) is 5.91 Å². The van der Waals surface area contributed by atoms with Crippen molar-refractivity contribution in [3.05, 3.63) is 59.9 Å². The number of amides is 1. The first-order valence-corrected chi connectivity index (χ1v) is 10.0. The van der Waals surface area contributed by atoms with E-state index in [1.807, 2.05) is 47.9 Å². The molecule has 4 heterocycles. The number of fused-ring (bicyclic) bond motifs is 1. The van der Waals surface area contributed by atoms with Crippen molar-refractivity contribution in [1.82, 2.24) is 19.5 Å². The van der Waals surface area contributed by atoms with Crippen LogP contribution in [0, 0.1) is 13.8 Å². The summed E-state index contributed by atoms with van der Waals surface area (Å²) in [6.45, 7) is 5.82. The second kappa shape index (κ2) is 8.43. The summed E-state index contributed by atoms with van der Waals surface area (Å²) in [5.41, 5.74) is 4.81. The fourth-order valence-electron chi connectivity index (χ4n) is 3.81. The lowest BCUT2D eigenvalue weighted by Crippen LogP contribution is -2.18. The highest BCUT2D eigenvalue weighted by molar-refractivity contribution is 7.59. The minimum atomic E-state index is -0.221. The van der Waals surface area contributed by atoms with Crippen LogP contribution in [0.3, 0.4) is 0 Å². The molecule has 5 rings (SSSR count). The minimum Gasteiger partial charge on any atom is -0.371 e. The largest absolute Gasteiger partial charge is 0.371 e. The zero-order valence-corrected chi connectivity index (χ0v) is 18.4. The predicted molar refractivity (Wildman–Crippen MR) is 124 cm³/mol. The van der Waals surface area contributed by atoms with Gasteiger partial charge >= 0.3 is 0 Å². The second-order valence-electron chi connectivity index (χ2n) is 7.57. The lowest BCUT2D eigenvalue weighted by atomic mass is 10.1. The van der Waals surface area contributed by atoms with E-state index in [4.69, 9.17) is 4.52 Å². The molecule has 0 atom stereocenters. The van der Waals surface area contributed by atoms with E-state index in [0.29, 0.717) is 23.1 Å². The molecule has 0 aliphatic carbocycles. The molecule has 0 unspecified atom stereocenters. The fraction of sp³-hybridized carbons (Fsp3) is 0.273. The van der Waals surface area contributed by atoms with Crippen molar-refractivity contribution in [2.75, 3.05) is 23.3 Å². The molecule has 4 aromatic rings. The third kappa shape index (κ3) is 4.00. The molecule has 1 amide bonds. The van der Waals surface area contributed by atoms with Crippen LogP contribution in [0.25, 0.3) is 17.0 Å². The molecule has 0 bridgehead atoms. The molecule has 1 aromatic carbocycles. The predicted octanol–water partition coefficient (Wildman–Crippen LogP) is 3.97. The Bertz CT molecular complexity index is 1240. The van der Waals surface area contributed by atoms with Crippen LogP contribution in [-0.4, -0.2) is 38.5 Å². The van der Waals surface area contributed by atoms with Gasteiger partial charge < -0.3 is 14.7 Å². The summed E-state index contributed by atoms with van der Waals surface area (Å²) in [7, 11) is 0. The van der Waals surface area contributed by atoms with Crippen molar-refractivity contribution < 1.29 is 9.32 Å². The van der Waals surface area contributed by atoms with E-state index in [1.165, 1.54) is 12.8 Å². The zero-order valence-electron chi connectivity index (χ0n) is 17.4. The number of carbonyl (C=O) groups excluding carboxylic acids is 1. The molecule has 0 saturated carbocycles. The number of nitrogens with one attached hydrogen (secondary N) is 1. The van der Waals surface area contributed by atoms with Crippen molar-refractivity contribution in [2.24, 2.45) is 0 Å². The van der Waals surface area contributed by atoms with Crippen molar-refractivity contribution in [2.45, 2.75) is 26.7 Å². The molecule has 1 fully saturated rings. The van der Waals surface area contributed by atoms with Crippen LogP contribution < -0.4 is 10.2 Å². The Morgan fingerprint density at radius 3 is 2.68 bits per heavy atom. The van der Waals surface area contributed by atoms with Crippen LogP contribution in [0.15, 0.2) is 47.2 Å². The van der Waals surface area contributed by atoms with E-state index in [1.54, 1.807) is 13.1 Å². The van der Waals surface area contributed by atoms with Crippen molar-refractivity contribution in [3.8, 4) is 11.4 Å². The highest BCUT2D eigenvalue weighted by Crippen LogP contribution is 2.25. The first kappa shape index (κ1) is 20.9. The molecule has 3 aromatic heterocycles. The molecular formula is C22H24N6O2S. The molecular weight excluding hydrogens is 412 g/mol. The quantitative estimate of drug-likeness (QED) is 0.521. The summed E-state index contributed by atoms with van der Waals surface area (Å²) < 4.78 is 6.88. The number of carbonyl (C=O) groups is 1. The molecule has 1 saturated heterocycles. The Hall–Kier alpha value is -3.33. The first-order chi connectivity index (χ1) is 14.6. The number of hydrogen-bond acceptors (Lipinski definition) is 6. The Kier molecular flexibility index (Phi) is 5.69. The molecule has 0 spiro atoms. The number of aromatic nitrogens is 4. The lowest BCUT2D eigenvalue weighted by molar-refractivity contribution is 0.102. The number of benzene rings is 1. The van der Waals surface area contributed by atoms with Crippen molar-refractivity contribution >= 4 is 36.4 Å². The van der Waals surface area contributed by atoms with Gasteiger partial charge in [0.05, 0.1) is 6.20 Å². The van der Waals surface area contributed by atoms with E-state index in [2.05, 4.69) is 25.3 Å². The van der Waals surface area contributed by atoms with Crippen LogP contribution in [0.5, 0.6) is 0 Å². The summed E-state index contributed by atoms with van der Waals surface area (Å²) in [6, 6.07) is 9.76. The number of pyridine rings is 1. The Balaban J connectivity index is 0.00000231. The van der Waals surface area contributed by atoms with Gasteiger partial charge in [-0.3, -0.25) is 9.20 Å². The van der Waals surface area contributed by atoms with E-state index in [9.17, 15) is 4.79 Å². The van der Waals surface area contributed by atoms with E-state index in [0.717, 1.165) is 35.6 Å². The average molecular weight is 437 g/mol. The molecule has 9 heteroatoms. The minimum absolute atomic E-state index is 0. The maximum absolute atomic E-state index is 13.0. The van der Waals surface area contributed by atoms with Crippen LogP contribution >= 0.6 is 13.5 Å². The lowest BCUT2D eigenvalue weighted by Gasteiger charge is -2.17. The SMILES string of the molecule is Cc1nc(-c2ccc(C)c(NC(=O)c3cnc4cc(N5CCCC5)ccn34)c2)no1.S. The summed E-state index contributed by atoms with van der Waals surface area (Å²) >= 11 is 0. The molecule has 0 radical (unpaired) electrons. The number of anilines is 2. The molecule has 1 N–H and O–H groups in total. The smallest absolute Gasteiger partial charge is 0.274 e. The third-order valence-corrected chi connectivity index (χ3v) is 5.47. The standard InChI is InChI=1S/C22H22N6O2.H2S/c1-14-5-6-16(21-24-15(2)30-26-21)11-18(14)25-22(29)19-13-23-20-12-17(7-10-28(19)20)27-8-3-4-9-27;/h5-7,10-13H,3-4,8-9H2,1-2H3,(H,25,29);1H2. The fourth-order valence-corrected chi connectivity index (χ4v) is 3.81.